The van der Waals surface area contributed by atoms with Gasteiger partial charge in [0.05, 0.1) is 17.0 Å². The Morgan fingerprint density at radius 2 is 1.85 bits per heavy atom. The molecule has 1 amide bonds. The van der Waals surface area contributed by atoms with Crippen molar-refractivity contribution in [1.29, 1.82) is 0 Å². The van der Waals surface area contributed by atoms with Crippen LogP contribution in [-0.2, 0) is 11.2 Å². The maximum Gasteiger partial charge on any atom is 0.228 e. The van der Waals surface area contributed by atoms with E-state index in [0.717, 1.165) is 52.5 Å². The molecule has 0 bridgehead atoms. The lowest BCUT2D eigenvalue weighted by atomic mass is 10.2. The largest absolute Gasteiger partial charge is 0.368 e. The van der Waals surface area contributed by atoms with Gasteiger partial charge in [-0.1, -0.05) is 17.7 Å². The molecule has 7 heteroatoms. The lowest BCUT2D eigenvalue weighted by Crippen LogP contribution is -2.49. The van der Waals surface area contributed by atoms with Crippen LogP contribution >= 0.6 is 34.3 Å². The molecule has 26 heavy (non-hydrogen) atoms. The highest BCUT2D eigenvalue weighted by Gasteiger charge is 2.22. The Morgan fingerprint density at radius 1 is 1.08 bits per heavy atom. The van der Waals surface area contributed by atoms with Crippen LogP contribution in [0.5, 0.6) is 0 Å². The van der Waals surface area contributed by atoms with E-state index >= 15 is 0 Å². The third kappa shape index (κ3) is 3.92. The Kier molecular flexibility index (Phi) is 5.24. The number of benzene rings is 1. The first-order chi connectivity index (χ1) is 12.7. The number of piperazine rings is 1. The highest BCUT2D eigenvalue weighted by atomic mass is 35.5. The number of carbonyl (C=O) groups is 1. The van der Waals surface area contributed by atoms with Crippen molar-refractivity contribution in [3.63, 3.8) is 0 Å². The molecule has 3 aromatic rings. The number of hydrogen-bond donors (Lipinski definition) is 0. The van der Waals surface area contributed by atoms with Crippen LogP contribution in [-0.4, -0.2) is 42.0 Å². The Bertz CT molecular complexity index is 869. The van der Waals surface area contributed by atoms with Gasteiger partial charge < -0.3 is 9.80 Å². The first-order valence-electron chi connectivity index (χ1n) is 8.45. The molecule has 4 rings (SSSR count). The number of aromatic nitrogens is 1. The number of anilines is 1. The van der Waals surface area contributed by atoms with E-state index in [1.165, 1.54) is 0 Å². The topological polar surface area (TPSA) is 36.4 Å². The lowest BCUT2D eigenvalue weighted by Gasteiger charge is -2.36. The van der Waals surface area contributed by atoms with E-state index in [9.17, 15) is 4.79 Å². The van der Waals surface area contributed by atoms with E-state index in [4.69, 9.17) is 11.6 Å². The maximum absolute atomic E-state index is 12.6. The molecule has 1 aliphatic rings. The normalized spacial score (nSPS) is 14.7. The minimum absolute atomic E-state index is 0.156. The molecular formula is C19H18ClN3OS2. The Balaban J connectivity index is 1.33. The molecule has 134 valence electrons. The monoisotopic (exact) mass is 403 g/mol. The summed E-state index contributed by atoms with van der Waals surface area (Å²) in [6.07, 6.45) is 0.378. The van der Waals surface area contributed by atoms with Crippen LogP contribution in [0.3, 0.4) is 0 Å². The van der Waals surface area contributed by atoms with Crippen molar-refractivity contribution in [2.24, 2.45) is 0 Å². The Morgan fingerprint density at radius 3 is 2.54 bits per heavy atom. The fourth-order valence-corrected chi connectivity index (χ4v) is 4.79. The molecule has 0 atom stereocenters. The van der Waals surface area contributed by atoms with E-state index in [1.54, 1.807) is 22.7 Å². The van der Waals surface area contributed by atoms with Crippen molar-refractivity contribution >= 4 is 45.9 Å². The van der Waals surface area contributed by atoms with Gasteiger partial charge in [0, 0.05) is 42.3 Å². The van der Waals surface area contributed by atoms with Crippen LogP contribution in [0.4, 0.5) is 5.69 Å². The van der Waals surface area contributed by atoms with Gasteiger partial charge in [0.1, 0.15) is 5.01 Å². The predicted molar refractivity (Wildman–Crippen MR) is 109 cm³/mol. The van der Waals surface area contributed by atoms with E-state index in [0.29, 0.717) is 6.42 Å². The summed E-state index contributed by atoms with van der Waals surface area (Å²) in [5.41, 5.74) is 2.02. The van der Waals surface area contributed by atoms with Gasteiger partial charge in [-0.2, -0.15) is 0 Å². The molecule has 3 heterocycles. The summed E-state index contributed by atoms with van der Waals surface area (Å²) in [7, 11) is 0. The number of thiophene rings is 1. The number of nitrogens with zero attached hydrogens (tertiary/aromatic N) is 3. The molecule has 0 unspecified atom stereocenters. The number of hydrogen-bond acceptors (Lipinski definition) is 5. The molecular weight excluding hydrogens is 386 g/mol. The second-order valence-corrected chi connectivity index (χ2v) is 8.38. The van der Waals surface area contributed by atoms with Crippen molar-refractivity contribution in [2.75, 3.05) is 31.1 Å². The minimum Gasteiger partial charge on any atom is -0.368 e. The van der Waals surface area contributed by atoms with Crippen molar-refractivity contribution in [3.8, 4) is 9.88 Å². The summed E-state index contributed by atoms with van der Waals surface area (Å²) < 4.78 is 0. The fourth-order valence-electron chi connectivity index (χ4n) is 3.03. The quantitative estimate of drug-likeness (QED) is 0.647. The highest BCUT2D eigenvalue weighted by molar-refractivity contribution is 7.20. The molecule has 1 fully saturated rings. The molecule has 1 saturated heterocycles. The average Bonchev–Trinajstić information content (AvgIpc) is 3.34. The highest BCUT2D eigenvalue weighted by Crippen LogP contribution is 2.28. The zero-order valence-corrected chi connectivity index (χ0v) is 16.5. The molecule has 0 saturated carbocycles. The fraction of sp³-hybridized carbons (Fsp3) is 0.263. The van der Waals surface area contributed by atoms with Gasteiger partial charge in [-0.05, 0) is 35.7 Å². The number of carbonyl (C=O) groups excluding carboxylic acids is 1. The zero-order chi connectivity index (χ0) is 17.9. The smallest absolute Gasteiger partial charge is 0.228 e. The summed E-state index contributed by atoms with van der Waals surface area (Å²) in [4.78, 5) is 22.6. The Labute approximate surface area is 165 Å². The van der Waals surface area contributed by atoms with Gasteiger partial charge in [0.2, 0.25) is 5.91 Å². The van der Waals surface area contributed by atoms with Gasteiger partial charge >= 0.3 is 0 Å². The lowest BCUT2D eigenvalue weighted by molar-refractivity contribution is -0.130. The first-order valence-corrected chi connectivity index (χ1v) is 10.6. The second kappa shape index (κ2) is 7.78. The zero-order valence-electron chi connectivity index (χ0n) is 14.1. The molecule has 0 aliphatic carbocycles. The molecule has 0 spiro atoms. The summed E-state index contributed by atoms with van der Waals surface area (Å²) in [5, 5.41) is 5.78. The van der Waals surface area contributed by atoms with Gasteiger partial charge in [0.25, 0.3) is 0 Å². The van der Waals surface area contributed by atoms with Crippen LogP contribution in [0.25, 0.3) is 9.88 Å². The minimum atomic E-state index is 0.156. The molecule has 0 radical (unpaired) electrons. The predicted octanol–water partition coefficient (Wildman–Crippen LogP) is 4.42. The maximum atomic E-state index is 12.6. The van der Waals surface area contributed by atoms with Crippen molar-refractivity contribution < 1.29 is 4.79 Å². The molecule has 0 N–H and O–H groups in total. The standard InChI is InChI=1S/C19H18ClN3OS2/c20-14-3-5-16(6-4-14)22-7-9-23(10-8-22)18(24)12-15-13-26-19(21-15)17-2-1-11-25-17/h1-6,11,13H,7-10,12H2. The average molecular weight is 404 g/mol. The molecule has 1 aromatic carbocycles. The van der Waals surface area contributed by atoms with Crippen molar-refractivity contribution in [1.82, 2.24) is 9.88 Å². The summed E-state index contributed by atoms with van der Waals surface area (Å²) in [6.45, 7) is 3.16. The van der Waals surface area contributed by atoms with Gasteiger partial charge in [-0.3, -0.25) is 4.79 Å². The van der Waals surface area contributed by atoms with Crippen LogP contribution < -0.4 is 4.90 Å². The van der Waals surface area contributed by atoms with E-state index < -0.39 is 0 Å². The van der Waals surface area contributed by atoms with Crippen LogP contribution in [0, 0.1) is 0 Å². The van der Waals surface area contributed by atoms with Crippen molar-refractivity contribution in [3.05, 3.63) is 57.9 Å². The molecule has 2 aromatic heterocycles. The SMILES string of the molecule is O=C(Cc1csc(-c2cccs2)n1)N1CCN(c2ccc(Cl)cc2)CC1. The van der Waals surface area contributed by atoms with Crippen LogP contribution in [0.15, 0.2) is 47.2 Å². The van der Waals surface area contributed by atoms with Gasteiger partial charge in [0.15, 0.2) is 0 Å². The second-order valence-electron chi connectivity index (χ2n) is 6.14. The third-order valence-electron chi connectivity index (χ3n) is 4.44. The Hall–Kier alpha value is -1.89. The summed E-state index contributed by atoms with van der Waals surface area (Å²) in [5.74, 6) is 0.156. The summed E-state index contributed by atoms with van der Waals surface area (Å²) >= 11 is 9.23. The van der Waals surface area contributed by atoms with Crippen LogP contribution in [0.2, 0.25) is 5.02 Å². The third-order valence-corrected chi connectivity index (χ3v) is 6.62. The first kappa shape index (κ1) is 17.5. The summed E-state index contributed by atoms with van der Waals surface area (Å²) in [6, 6.07) is 11.9. The van der Waals surface area contributed by atoms with Crippen LogP contribution in [0.1, 0.15) is 5.69 Å². The van der Waals surface area contributed by atoms with E-state index in [1.807, 2.05) is 46.0 Å². The van der Waals surface area contributed by atoms with E-state index in [-0.39, 0.29) is 5.91 Å². The van der Waals surface area contributed by atoms with E-state index in [2.05, 4.69) is 16.0 Å². The molecule has 4 nitrogen and oxygen atoms in total. The molecule has 1 aliphatic heterocycles. The van der Waals surface area contributed by atoms with Gasteiger partial charge in [-0.15, -0.1) is 22.7 Å². The van der Waals surface area contributed by atoms with Crippen molar-refractivity contribution in [2.45, 2.75) is 6.42 Å². The number of halogens is 1. The number of amides is 1. The number of thiazole rings is 1. The number of rotatable bonds is 4. The van der Waals surface area contributed by atoms with Gasteiger partial charge in [-0.25, -0.2) is 4.98 Å².